The molecule has 1 fully saturated rings. The molecule has 0 bridgehead atoms. The average molecular weight is 277 g/mol. The molecule has 1 aromatic rings. The first-order valence-electron chi connectivity index (χ1n) is 7.40. The highest BCUT2D eigenvalue weighted by molar-refractivity contribution is 5.93. The van der Waals surface area contributed by atoms with Crippen molar-refractivity contribution >= 4 is 5.91 Å². The van der Waals surface area contributed by atoms with Crippen molar-refractivity contribution in [3.8, 4) is 0 Å². The quantitative estimate of drug-likeness (QED) is 0.850. The maximum Gasteiger partial charge on any atom is 0.260 e. The van der Waals surface area contributed by atoms with Crippen LogP contribution in [0.5, 0.6) is 0 Å². The van der Waals surface area contributed by atoms with Crippen molar-refractivity contribution in [3.05, 3.63) is 34.2 Å². The van der Waals surface area contributed by atoms with Crippen molar-refractivity contribution in [2.75, 3.05) is 26.2 Å². The topological polar surface area (TPSA) is 65.2 Å². The summed E-state index contributed by atoms with van der Waals surface area (Å²) in [5, 5.41) is 3.33. The number of aromatic amines is 1. The lowest BCUT2D eigenvalue weighted by atomic mass is 9.97. The number of rotatable bonds is 5. The predicted molar refractivity (Wildman–Crippen MR) is 78.9 cm³/mol. The molecule has 20 heavy (non-hydrogen) atoms. The van der Waals surface area contributed by atoms with Crippen LogP contribution in [0.2, 0.25) is 0 Å². The molecule has 110 valence electrons. The first-order valence-corrected chi connectivity index (χ1v) is 7.40. The standard InChI is InChI=1S/C15H23N3O2/c1-2-10-18(11-12-5-8-16-9-6-12)15(20)13-4-3-7-17-14(13)19/h3-4,7,12,16H,2,5-6,8-11H2,1H3,(H,17,19). The Morgan fingerprint density at radius 3 is 2.80 bits per heavy atom. The highest BCUT2D eigenvalue weighted by Gasteiger charge is 2.22. The number of aromatic nitrogens is 1. The fourth-order valence-corrected chi connectivity index (χ4v) is 2.68. The lowest BCUT2D eigenvalue weighted by molar-refractivity contribution is 0.0714. The maximum atomic E-state index is 12.5. The predicted octanol–water partition coefficient (Wildman–Crippen LogP) is 1.23. The molecule has 5 nitrogen and oxygen atoms in total. The Balaban J connectivity index is 2.09. The molecule has 0 aliphatic carbocycles. The second-order valence-corrected chi connectivity index (χ2v) is 5.36. The van der Waals surface area contributed by atoms with Crippen LogP contribution in [0.1, 0.15) is 36.5 Å². The van der Waals surface area contributed by atoms with E-state index in [1.54, 1.807) is 18.3 Å². The summed E-state index contributed by atoms with van der Waals surface area (Å²) < 4.78 is 0. The number of hydrogen-bond acceptors (Lipinski definition) is 3. The molecule has 1 amide bonds. The van der Waals surface area contributed by atoms with Gasteiger partial charge in [-0.25, -0.2) is 0 Å². The summed E-state index contributed by atoms with van der Waals surface area (Å²) in [4.78, 5) is 28.7. The van der Waals surface area contributed by atoms with E-state index in [0.29, 0.717) is 12.5 Å². The van der Waals surface area contributed by atoms with Gasteiger partial charge in [0.15, 0.2) is 0 Å². The first-order chi connectivity index (χ1) is 9.72. The summed E-state index contributed by atoms with van der Waals surface area (Å²) >= 11 is 0. The Morgan fingerprint density at radius 2 is 2.15 bits per heavy atom. The Kier molecular flexibility index (Phi) is 5.35. The van der Waals surface area contributed by atoms with Crippen LogP contribution < -0.4 is 10.9 Å². The SMILES string of the molecule is CCCN(CC1CCNCC1)C(=O)c1ccc[nH]c1=O. The van der Waals surface area contributed by atoms with E-state index in [0.717, 1.165) is 38.9 Å². The zero-order valence-electron chi connectivity index (χ0n) is 12.0. The Bertz CT molecular complexity index is 492. The molecule has 1 saturated heterocycles. The molecule has 2 N–H and O–H groups in total. The van der Waals surface area contributed by atoms with Gasteiger partial charge in [-0.05, 0) is 50.4 Å². The number of amides is 1. The number of pyridine rings is 1. The van der Waals surface area contributed by atoms with Crippen LogP contribution in [-0.2, 0) is 0 Å². The minimum atomic E-state index is -0.302. The fraction of sp³-hybridized carbons (Fsp3) is 0.600. The summed E-state index contributed by atoms with van der Waals surface area (Å²) in [5.41, 5.74) is -0.0567. The normalized spacial score (nSPS) is 16.1. The van der Waals surface area contributed by atoms with E-state index in [1.807, 2.05) is 4.90 Å². The molecule has 1 aliphatic rings. The second kappa shape index (κ2) is 7.24. The van der Waals surface area contributed by atoms with Gasteiger partial charge in [0.05, 0.1) is 0 Å². The molecule has 0 atom stereocenters. The first kappa shape index (κ1) is 14.8. The molecule has 0 aromatic carbocycles. The summed E-state index contributed by atoms with van der Waals surface area (Å²) in [5.74, 6) is 0.391. The highest BCUT2D eigenvalue weighted by atomic mass is 16.2. The molecule has 1 aliphatic heterocycles. The number of piperidine rings is 1. The summed E-state index contributed by atoms with van der Waals surface area (Å²) in [6, 6.07) is 3.30. The number of carbonyl (C=O) groups excluding carboxylic acids is 1. The van der Waals surface area contributed by atoms with Gasteiger partial charge >= 0.3 is 0 Å². The van der Waals surface area contributed by atoms with Crippen molar-refractivity contribution in [3.63, 3.8) is 0 Å². The molecule has 2 rings (SSSR count). The largest absolute Gasteiger partial charge is 0.338 e. The molecular formula is C15H23N3O2. The zero-order chi connectivity index (χ0) is 14.4. The van der Waals surface area contributed by atoms with Crippen LogP contribution in [0, 0.1) is 5.92 Å². The van der Waals surface area contributed by atoms with E-state index in [4.69, 9.17) is 0 Å². The van der Waals surface area contributed by atoms with Gasteiger partial charge in [-0.1, -0.05) is 6.92 Å². The van der Waals surface area contributed by atoms with Gasteiger partial charge < -0.3 is 15.2 Å². The lowest BCUT2D eigenvalue weighted by Crippen LogP contribution is -2.41. The fourth-order valence-electron chi connectivity index (χ4n) is 2.68. The van der Waals surface area contributed by atoms with Crippen molar-refractivity contribution in [2.24, 2.45) is 5.92 Å². The minimum Gasteiger partial charge on any atom is -0.338 e. The van der Waals surface area contributed by atoms with E-state index in [1.165, 1.54) is 0 Å². The monoisotopic (exact) mass is 277 g/mol. The summed E-state index contributed by atoms with van der Waals surface area (Å²) in [6.45, 7) is 5.55. The van der Waals surface area contributed by atoms with Crippen LogP contribution in [0.15, 0.2) is 23.1 Å². The van der Waals surface area contributed by atoms with E-state index < -0.39 is 0 Å². The summed E-state index contributed by atoms with van der Waals surface area (Å²) in [6.07, 6.45) is 4.65. The molecule has 0 saturated carbocycles. The van der Waals surface area contributed by atoms with Crippen LogP contribution in [0.4, 0.5) is 0 Å². The highest BCUT2D eigenvalue weighted by Crippen LogP contribution is 2.15. The van der Waals surface area contributed by atoms with E-state index >= 15 is 0 Å². The van der Waals surface area contributed by atoms with Gasteiger partial charge in [0.25, 0.3) is 11.5 Å². The third-order valence-corrected chi connectivity index (χ3v) is 3.77. The minimum absolute atomic E-state index is 0.146. The van der Waals surface area contributed by atoms with Crippen LogP contribution in [0.25, 0.3) is 0 Å². The Hall–Kier alpha value is -1.62. The van der Waals surface area contributed by atoms with Crippen molar-refractivity contribution in [1.29, 1.82) is 0 Å². The van der Waals surface area contributed by atoms with E-state index in [9.17, 15) is 9.59 Å². The smallest absolute Gasteiger partial charge is 0.260 e. The van der Waals surface area contributed by atoms with Crippen LogP contribution in [0.3, 0.4) is 0 Å². The van der Waals surface area contributed by atoms with Gasteiger partial charge in [0.2, 0.25) is 0 Å². The molecule has 5 heteroatoms. The number of carbonyl (C=O) groups is 1. The van der Waals surface area contributed by atoms with E-state index in [2.05, 4.69) is 17.2 Å². The third kappa shape index (κ3) is 3.70. The second-order valence-electron chi connectivity index (χ2n) is 5.36. The van der Waals surface area contributed by atoms with Crippen molar-refractivity contribution in [2.45, 2.75) is 26.2 Å². The molecule has 1 aromatic heterocycles. The zero-order valence-corrected chi connectivity index (χ0v) is 12.0. The van der Waals surface area contributed by atoms with Crippen LogP contribution >= 0.6 is 0 Å². The van der Waals surface area contributed by atoms with Gasteiger partial charge in [-0.2, -0.15) is 0 Å². The number of nitrogens with one attached hydrogen (secondary N) is 2. The number of H-pyrrole nitrogens is 1. The molecular weight excluding hydrogens is 254 g/mol. The van der Waals surface area contributed by atoms with Crippen LogP contribution in [-0.4, -0.2) is 42.0 Å². The Labute approximate surface area is 119 Å². The number of hydrogen-bond donors (Lipinski definition) is 2. The number of nitrogens with zero attached hydrogens (tertiary/aromatic N) is 1. The van der Waals surface area contributed by atoms with Crippen molar-refractivity contribution < 1.29 is 4.79 Å². The van der Waals surface area contributed by atoms with Gasteiger partial charge in [0.1, 0.15) is 5.56 Å². The van der Waals surface area contributed by atoms with Gasteiger partial charge in [-0.15, -0.1) is 0 Å². The van der Waals surface area contributed by atoms with Gasteiger partial charge in [-0.3, -0.25) is 9.59 Å². The maximum absolute atomic E-state index is 12.5. The van der Waals surface area contributed by atoms with Gasteiger partial charge in [0, 0.05) is 19.3 Å². The average Bonchev–Trinajstić information content (AvgIpc) is 2.48. The van der Waals surface area contributed by atoms with Crippen molar-refractivity contribution in [1.82, 2.24) is 15.2 Å². The van der Waals surface area contributed by atoms with E-state index in [-0.39, 0.29) is 17.0 Å². The molecule has 0 spiro atoms. The summed E-state index contributed by atoms with van der Waals surface area (Å²) in [7, 11) is 0. The molecule has 0 radical (unpaired) electrons. The Morgan fingerprint density at radius 1 is 1.40 bits per heavy atom. The third-order valence-electron chi connectivity index (χ3n) is 3.77. The molecule has 2 heterocycles. The lowest BCUT2D eigenvalue weighted by Gasteiger charge is -2.30. The molecule has 0 unspecified atom stereocenters.